The number of aryl methyl sites for hydroxylation is 1. The van der Waals surface area contributed by atoms with Gasteiger partial charge in [0.2, 0.25) is 5.91 Å². The van der Waals surface area contributed by atoms with Crippen LogP contribution in [0.3, 0.4) is 0 Å². The second-order valence-electron chi connectivity index (χ2n) is 8.95. The molecule has 3 rings (SSSR count). The molecule has 0 aromatic heterocycles. The van der Waals surface area contributed by atoms with Crippen LogP contribution >= 0.6 is 0 Å². The van der Waals surface area contributed by atoms with E-state index in [0.29, 0.717) is 5.92 Å². The maximum absolute atomic E-state index is 12.3. The Morgan fingerprint density at radius 1 is 1.12 bits per heavy atom. The van der Waals surface area contributed by atoms with Gasteiger partial charge in [0.25, 0.3) is 0 Å². The second-order valence-corrected chi connectivity index (χ2v) is 8.95. The van der Waals surface area contributed by atoms with Crippen LogP contribution in [-0.2, 0) is 10.3 Å². The summed E-state index contributed by atoms with van der Waals surface area (Å²) in [6, 6.07) is 13.2. The summed E-state index contributed by atoms with van der Waals surface area (Å²) in [6.07, 6.45) is 7.94. The molecule has 0 atom stereocenters. The third-order valence-electron chi connectivity index (χ3n) is 5.55. The van der Waals surface area contributed by atoms with Gasteiger partial charge in [-0.3, -0.25) is 4.79 Å². The standard InChI is InChI=1S/C18H29N.C7H7FO.C2H5NO.C2H6/c1-4-13-19-18(11-6-5-7-12-18)17-10-8-9-16(14-17)15(2)3;1-5-2-6(8)4-7(9)3-5;1-2(3)4;1-2/h8-10,14-15,19H,4-7,11-13H2,1-3H3;2-4,9H,1H3;1H3,(H2,3,4);1-2H3. The number of primary amides is 1. The van der Waals surface area contributed by atoms with E-state index in [9.17, 15) is 9.18 Å². The number of phenolic OH excluding ortho intramolecular Hbond substituents is 1. The number of phenols is 1. The molecule has 0 heterocycles. The van der Waals surface area contributed by atoms with Crippen LogP contribution in [0.2, 0.25) is 0 Å². The molecular weight excluding hydrogens is 427 g/mol. The van der Waals surface area contributed by atoms with Crippen molar-refractivity contribution in [1.82, 2.24) is 5.32 Å². The summed E-state index contributed by atoms with van der Waals surface area (Å²) in [5, 5.41) is 12.6. The molecule has 2 aromatic carbocycles. The van der Waals surface area contributed by atoms with Crippen LogP contribution in [0.1, 0.15) is 103 Å². The van der Waals surface area contributed by atoms with Crippen LogP contribution in [0.25, 0.3) is 0 Å². The molecule has 2 aromatic rings. The van der Waals surface area contributed by atoms with E-state index in [2.05, 4.69) is 56.1 Å². The zero-order chi connectivity index (χ0) is 26.1. The molecule has 4 N–H and O–H groups in total. The Kier molecular flexibility index (Phi) is 15.9. The van der Waals surface area contributed by atoms with Crippen LogP contribution in [-0.4, -0.2) is 17.6 Å². The second kappa shape index (κ2) is 17.1. The van der Waals surface area contributed by atoms with E-state index in [1.165, 1.54) is 68.7 Å². The summed E-state index contributed by atoms with van der Waals surface area (Å²) in [7, 11) is 0. The van der Waals surface area contributed by atoms with Gasteiger partial charge in [-0.05, 0) is 67.5 Å². The highest BCUT2D eigenvalue weighted by Crippen LogP contribution is 2.38. The summed E-state index contributed by atoms with van der Waals surface area (Å²) in [4.78, 5) is 9.22. The summed E-state index contributed by atoms with van der Waals surface area (Å²) in [5.41, 5.74) is 8.44. The van der Waals surface area contributed by atoms with Gasteiger partial charge in [-0.1, -0.05) is 78.1 Å². The lowest BCUT2D eigenvalue weighted by Crippen LogP contribution is -2.44. The van der Waals surface area contributed by atoms with Crippen molar-refractivity contribution < 1.29 is 14.3 Å². The predicted molar refractivity (Wildman–Crippen MR) is 143 cm³/mol. The quantitative estimate of drug-likeness (QED) is 0.425. The third kappa shape index (κ3) is 12.2. The highest BCUT2D eigenvalue weighted by Gasteiger charge is 2.33. The Balaban J connectivity index is 0.000000602. The van der Waals surface area contributed by atoms with Crippen LogP contribution in [0, 0.1) is 12.7 Å². The fourth-order valence-electron chi connectivity index (χ4n) is 4.00. The van der Waals surface area contributed by atoms with Gasteiger partial charge in [0.1, 0.15) is 11.6 Å². The molecule has 1 amide bonds. The topological polar surface area (TPSA) is 75.4 Å². The molecule has 1 fully saturated rings. The van der Waals surface area contributed by atoms with Crippen molar-refractivity contribution in [3.63, 3.8) is 0 Å². The Hall–Kier alpha value is -2.40. The molecule has 0 unspecified atom stereocenters. The maximum Gasteiger partial charge on any atom is 0.214 e. The molecule has 192 valence electrons. The van der Waals surface area contributed by atoms with Crippen LogP contribution in [0.15, 0.2) is 42.5 Å². The molecule has 1 saturated carbocycles. The van der Waals surface area contributed by atoms with Gasteiger partial charge >= 0.3 is 0 Å². The number of halogens is 1. The molecule has 1 aliphatic rings. The van der Waals surface area contributed by atoms with Crippen molar-refractivity contribution in [3.8, 4) is 5.75 Å². The lowest BCUT2D eigenvalue weighted by Gasteiger charge is -2.39. The normalized spacial score (nSPS) is 13.9. The minimum atomic E-state index is -0.396. The van der Waals surface area contributed by atoms with Crippen molar-refractivity contribution in [1.29, 1.82) is 0 Å². The van der Waals surface area contributed by atoms with Crippen LogP contribution in [0.5, 0.6) is 5.75 Å². The fraction of sp³-hybridized carbons (Fsp3) is 0.552. The van der Waals surface area contributed by atoms with Crippen LogP contribution in [0.4, 0.5) is 4.39 Å². The largest absolute Gasteiger partial charge is 0.508 e. The van der Waals surface area contributed by atoms with Crippen molar-refractivity contribution >= 4 is 5.91 Å². The summed E-state index contributed by atoms with van der Waals surface area (Å²) >= 11 is 0. The first kappa shape index (κ1) is 31.6. The van der Waals surface area contributed by atoms with Gasteiger partial charge in [0.15, 0.2) is 0 Å². The number of carbonyl (C=O) groups is 1. The first-order valence-electron chi connectivity index (χ1n) is 12.7. The van der Waals surface area contributed by atoms with Crippen molar-refractivity contribution in [2.45, 2.75) is 98.4 Å². The highest BCUT2D eigenvalue weighted by atomic mass is 19.1. The zero-order valence-electron chi connectivity index (χ0n) is 22.4. The van der Waals surface area contributed by atoms with E-state index in [1.807, 2.05) is 13.8 Å². The van der Waals surface area contributed by atoms with E-state index >= 15 is 0 Å². The zero-order valence-corrected chi connectivity index (χ0v) is 22.4. The monoisotopic (exact) mass is 474 g/mol. The molecule has 5 heteroatoms. The Morgan fingerprint density at radius 2 is 1.71 bits per heavy atom. The van der Waals surface area contributed by atoms with Gasteiger partial charge in [-0.15, -0.1) is 0 Å². The van der Waals surface area contributed by atoms with E-state index < -0.39 is 5.82 Å². The van der Waals surface area contributed by atoms with Crippen molar-refractivity contribution in [3.05, 3.63) is 65.0 Å². The van der Waals surface area contributed by atoms with Crippen molar-refractivity contribution in [2.24, 2.45) is 5.73 Å². The maximum atomic E-state index is 12.3. The lowest BCUT2D eigenvalue weighted by atomic mass is 9.75. The van der Waals surface area contributed by atoms with Gasteiger partial charge < -0.3 is 16.2 Å². The molecule has 34 heavy (non-hydrogen) atoms. The van der Waals surface area contributed by atoms with Gasteiger partial charge in [-0.2, -0.15) is 0 Å². The Morgan fingerprint density at radius 3 is 2.18 bits per heavy atom. The van der Waals surface area contributed by atoms with E-state index in [1.54, 1.807) is 6.92 Å². The number of hydrogen-bond donors (Lipinski definition) is 3. The Labute approximate surface area is 207 Å². The van der Waals surface area contributed by atoms with E-state index in [0.717, 1.165) is 18.2 Å². The lowest BCUT2D eigenvalue weighted by molar-refractivity contribution is -0.115. The van der Waals surface area contributed by atoms with Gasteiger partial charge in [0, 0.05) is 18.5 Å². The number of rotatable bonds is 5. The SMILES string of the molecule is CC.CC(N)=O.CCCNC1(c2cccc(C(C)C)c2)CCCCC1.Cc1cc(O)cc(F)c1. The molecule has 0 radical (unpaired) electrons. The third-order valence-corrected chi connectivity index (χ3v) is 5.55. The summed E-state index contributed by atoms with van der Waals surface area (Å²) in [5.74, 6) is -0.133. The summed E-state index contributed by atoms with van der Waals surface area (Å²) in [6.45, 7) is 15.0. The number of nitrogens with one attached hydrogen (secondary N) is 1. The average molecular weight is 475 g/mol. The number of amides is 1. The number of hydrogen-bond acceptors (Lipinski definition) is 3. The van der Waals surface area contributed by atoms with E-state index in [4.69, 9.17) is 5.11 Å². The first-order valence-corrected chi connectivity index (χ1v) is 12.7. The minimum Gasteiger partial charge on any atom is -0.508 e. The fourth-order valence-corrected chi connectivity index (χ4v) is 4.00. The number of aromatic hydroxyl groups is 1. The molecule has 4 nitrogen and oxygen atoms in total. The molecule has 0 aliphatic heterocycles. The van der Waals surface area contributed by atoms with Crippen molar-refractivity contribution in [2.75, 3.05) is 6.54 Å². The number of carbonyl (C=O) groups excluding carboxylic acids is 1. The smallest absolute Gasteiger partial charge is 0.214 e. The molecular formula is C29H47FN2O2. The minimum absolute atomic E-state index is 0.0208. The highest BCUT2D eigenvalue weighted by molar-refractivity contribution is 5.70. The molecule has 1 aliphatic carbocycles. The summed E-state index contributed by atoms with van der Waals surface area (Å²) < 4.78 is 12.3. The van der Waals surface area contributed by atoms with Crippen LogP contribution < -0.4 is 11.1 Å². The molecule has 0 spiro atoms. The predicted octanol–water partition coefficient (Wildman–Crippen LogP) is 7.33. The molecule has 0 saturated heterocycles. The molecule has 0 bridgehead atoms. The average Bonchev–Trinajstić information content (AvgIpc) is 2.79. The number of nitrogens with two attached hydrogens (primary N) is 1. The Bertz CT molecular complexity index is 776. The van der Waals surface area contributed by atoms with E-state index in [-0.39, 0.29) is 17.2 Å². The first-order chi connectivity index (χ1) is 16.1. The van der Waals surface area contributed by atoms with Gasteiger partial charge in [-0.25, -0.2) is 4.39 Å². The van der Waals surface area contributed by atoms with Gasteiger partial charge in [0.05, 0.1) is 0 Å². The number of benzene rings is 2.